The smallest absolute Gasteiger partial charge is 0.360 e. The Morgan fingerprint density at radius 2 is 1.97 bits per heavy atom. The highest BCUT2D eigenvalue weighted by Gasteiger charge is 2.31. The molecule has 0 saturated heterocycles. The van der Waals surface area contributed by atoms with Crippen LogP contribution in [0.3, 0.4) is 0 Å². The van der Waals surface area contributed by atoms with E-state index in [9.17, 15) is 5.26 Å². The summed E-state index contributed by atoms with van der Waals surface area (Å²) in [4.78, 5) is 8.09. The fourth-order valence-electron chi connectivity index (χ4n) is 5.88. The minimum absolute atomic E-state index is 0.0638. The molecule has 4 nitrogen and oxygen atoms in total. The van der Waals surface area contributed by atoms with Gasteiger partial charge in [0, 0.05) is 30.2 Å². The number of thioether (sulfide) groups is 1. The van der Waals surface area contributed by atoms with Crippen molar-refractivity contribution < 1.29 is 14.7 Å². The molecule has 0 saturated carbocycles. The fraction of sp³-hybridized carbons (Fsp3) is 0.258. The van der Waals surface area contributed by atoms with Crippen molar-refractivity contribution in [2.75, 3.05) is 11.4 Å². The molecule has 182 valence electrons. The number of pyridine rings is 1. The van der Waals surface area contributed by atoms with Crippen LogP contribution in [0.1, 0.15) is 44.2 Å². The Balaban J connectivity index is 1.39. The second-order valence-corrected chi connectivity index (χ2v) is 11.8. The second-order valence-electron chi connectivity index (χ2n) is 10.7. The number of fused-ring (bicyclic) bond motifs is 1. The standard InChI is InChI=1S/C31H30N2O2S/c1-21(35-34)32-15-13-25(26-10-4-5-11-27(26)32)17-22-16-23(20-31(2,3)19-22)18-29-33-14-7-9-24-8-6-12-28(36-29)30(24)33/h4-6,8,10-13,15-18H,1,7,9,14,19-20H2,2-3H3. The van der Waals surface area contributed by atoms with Gasteiger partial charge in [0.15, 0.2) is 6.20 Å². The molecule has 2 aliphatic heterocycles. The van der Waals surface area contributed by atoms with E-state index in [2.05, 4.69) is 72.7 Å². The highest BCUT2D eigenvalue weighted by atomic mass is 32.2. The van der Waals surface area contributed by atoms with Crippen molar-refractivity contribution in [3.05, 3.63) is 101 Å². The van der Waals surface area contributed by atoms with E-state index in [-0.39, 0.29) is 11.3 Å². The van der Waals surface area contributed by atoms with E-state index in [1.807, 2.05) is 42.2 Å². The molecule has 6 rings (SSSR count). The number of hydrogen-bond donors (Lipinski definition) is 0. The Hall–Kier alpha value is -3.28. The molecule has 0 amide bonds. The molecule has 3 aromatic rings. The Kier molecular flexibility index (Phi) is 5.78. The molecule has 5 heteroatoms. The molecule has 0 spiro atoms. The first kappa shape index (κ1) is 23.1. The van der Waals surface area contributed by atoms with E-state index in [1.54, 1.807) is 4.57 Å². The number of rotatable bonds is 4. The zero-order valence-corrected chi connectivity index (χ0v) is 21.6. The number of benzene rings is 2. The Labute approximate surface area is 216 Å². The molecule has 0 N–H and O–H groups in total. The summed E-state index contributed by atoms with van der Waals surface area (Å²) in [6.45, 7) is 9.55. The van der Waals surface area contributed by atoms with E-state index in [4.69, 9.17) is 0 Å². The zero-order chi connectivity index (χ0) is 24.9. The van der Waals surface area contributed by atoms with Gasteiger partial charge in [-0.2, -0.15) is 0 Å². The maximum Gasteiger partial charge on any atom is 0.360 e. The van der Waals surface area contributed by atoms with Gasteiger partial charge in [-0.3, -0.25) is 0 Å². The predicted octanol–water partition coefficient (Wildman–Crippen LogP) is 6.38. The van der Waals surface area contributed by atoms with Crippen molar-refractivity contribution in [2.45, 2.75) is 44.4 Å². The van der Waals surface area contributed by atoms with E-state index >= 15 is 0 Å². The van der Waals surface area contributed by atoms with Crippen LogP contribution >= 0.6 is 11.8 Å². The lowest BCUT2D eigenvalue weighted by molar-refractivity contribution is -0.718. The maximum atomic E-state index is 11.0. The summed E-state index contributed by atoms with van der Waals surface area (Å²) in [5, 5.41) is 13.4. The molecule has 0 bridgehead atoms. The number of nitrogens with zero attached hydrogens (tertiary/aromatic N) is 2. The first-order valence-corrected chi connectivity index (χ1v) is 13.4. The van der Waals surface area contributed by atoms with E-state index in [0.29, 0.717) is 0 Å². The van der Waals surface area contributed by atoms with Gasteiger partial charge in [0.25, 0.3) is 0 Å². The first-order valence-electron chi connectivity index (χ1n) is 12.5. The van der Waals surface area contributed by atoms with Crippen molar-refractivity contribution >= 4 is 40.3 Å². The van der Waals surface area contributed by atoms with Crippen LogP contribution in [-0.2, 0) is 11.3 Å². The largest absolute Gasteiger partial charge is 0.659 e. The molecule has 36 heavy (non-hydrogen) atoms. The summed E-state index contributed by atoms with van der Waals surface area (Å²) in [6, 6.07) is 16.8. The second kappa shape index (κ2) is 8.99. The Bertz CT molecular complexity index is 1480. The Morgan fingerprint density at radius 3 is 2.83 bits per heavy atom. The minimum Gasteiger partial charge on any atom is -0.659 e. The van der Waals surface area contributed by atoms with Crippen molar-refractivity contribution in [1.82, 2.24) is 0 Å². The molecular weight excluding hydrogens is 464 g/mol. The Morgan fingerprint density at radius 1 is 1.11 bits per heavy atom. The van der Waals surface area contributed by atoms with Crippen LogP contribution in [0.5, 0.6) is 0 Å². The molecule has 1 aromatic heterocycles. The molecule has 0 radical (unpaired) electrons. The van der Waals surface area contributed by atoms with Crippen LogP contribution in [-0.4, -0.2) is 6.54 Å². The van der Waals surface area contributed by atoms with Gasteiger partial charge in [0.05, 0.1) is 16.1 Å². The third-order valence-electron chi connectivity index (χ3n) is 7.29. The highest BCUT2D eigenvalue weighted by Crippen LogP contribution is 2.51. The normalized spacial score (nSPS) is 20.5. The topological polar surface area (TPSA) is 39.4 Å². The minimum atomic E-state index is 0.0638. The molecule has 0 unspecified atom stereocenters. The molecule has 2 aromatic carbocycles. The van der Waals surface area contributed by atoms with Gasteiger partial charge in [-0.05, 0) is 71.6 Å². The number of allylic oxidation sites excluding steroid dienone is 4. The number of aryl methyl sites for hydroxylation is 1. The summed E-state index contributed by atoms with van der Waals surface area (Å²) in [6.07, 6.45) is 13.4. The van der Waals surface area contributed by atoms with Crippen LogP contribution in [0.4, 0.5) is 5.69 Å². The van der Waals surface area contributed by atoms with E-state index < -0.39 is 0 Å². The SMILES string of the molecule is C=C(O[O-])[n+]1ccc(/C=C2C=C(/C=C3\Sc4cccc5c4N3CCC5)CC(C)(C)C/2)c2ccccc21. The highest BCUT2D eigenvalue weighted by molar-refractivity contribution is 8.03. The molecule has 3 aliphatic rings. The summed E-state index contributed by atoms with van der Waals surface area (Å²) in [5.74, 6) is 0.0638. The van der Waals surface area contributed by atoms with Crippen LogP contribution in [0.2, 0.25) is 0 Å². The van der Waals surface area contributed by atoms with E-state index in [0.717, 1.165) is 35.9 Å². The lowest BCUT2D eigenvalue weighted by Gasteiger charge is -2.32. The summed E-state index contributed by atoms with van der Waals surface area (Å²) in [5.41, 5.74) is 7.80. The number of anilines is 1. The summed E-state index contributed by atoms with van der Waals surface area (Å²) in [7, 11) is 0. The monoisotopic (exact) mass is 494 g/mol. The van der Waals surface area contributed by atoms with Crippen LogP contribution in [0.25, 0.3) is 22.9 Å². The van der Waals surface area contributed by atoms with Crippen molar-refractivity contribution in [2.24, 2.45) is 5.41 Å². The van der Waals surface area contributed by atoms with Gasteiger partial charge in [-0.15, -0.1) is 4.57 Å². The average molecular weight is 495 g/mol. The van der Waals surface area contributed by atoms with Gasteiger partial charge in [0.2, 0.25) is 5.52 Å². The molecular formula is C31H30N2O2S. The van der Waals surface area contributed by atoms with Crippen molar-refractivity contribution in [1.29, 1.82) is 0 Å². The number of hydrogen-bond acceptors (Lipinski definition) is 4. The third-order valence-corrected chi connectivity index (χ3v) is 8.39. The van der Waals surface area contributed by atoms with Crippen LogP contribution in [0, 0.1) is 5.41 Å². The summed E-state index contributed by atoms with van der Waals surface area (Å²) >= 11 is 1.91. The van der Waals surface area contributed by atoms with Crippen molar-refractivity contribution in [3.63, 3.8) is 0 Å². The molecule has 0 fully saturated rings. The van der Waals surface area contributed by atoms with Gasteiger partial charge < -0.3 is 15.0 Å². The van der Waals surface area contributed by atoms with Crippen LogP contribution in [0.15, 0.2) is 94.5 Å². The zero-order valence-electron chi connectivity index (χ0n) is 20.8. The predicted molar refractivity (Wildman–Crippen MR) is 146 cm³/mol. The van der Waals surface area contributed by atoms with Crippen LogP contribution < -0.4 is 14.7 Å². The van der Waals surface area contributed by atoms with Gasteiger partial charge in [0.1, 0.15) is 0 Å². The maximum absolute atomic E-state index is 11.0. The van der Waals surface area contributed by atoms with Crippen molar-refractivity contribution in [3.8, 4) is 0 Å². The summed E-state index contributed by atoms with van der Waals surface area (Å²) < 4.78 is 1.70. The first-order chi connectivity index (χ1) is 17.4. The average Bonchev–Trinajstić information content (AvgIpc) is 3.22. The third kappa shape index (κ3) is 4.16. The van der Waals surface area contributed by atoms with Gasteiger partial charge >= 0.3 is 5.88 Å². The quantitative estimate of drug-likeness (QED) is 0.183. The molecule has 0 atom stereocenters. The lowest BCUT2D eigenvalue weighted by atomic mass is 9.75. The van der Waals surface area contributed by atoms with E-state index in [1.165, 1.54) is 45.2 Å². The fourth-order valence-corrected chi connectivity index (χ4v) is 7.09. The molecule has 3 heterocycles. The number of para-hydroxylation sites is 2. The van der Waals surface area contributed by atoms with Gasteiger partial charge in [-0.25, -0.2) is 0 Å². The number of aromatic nitrogens is 1. The lowest BCUT2D eigenvalue weighted by Crippen LogP contribution is -2.35. The molecule has 1 aliphatic carbocycles. The van der Waals surface area contributed by atoms with Gasteiger partial charge in [-0.1, -0.05) is 62.0 Å².